The first kappa shape index (κ1) is 30.8. The summed E-state index contributed by atoms with van der Waals surface area (Å²) in [6, 6.07) is 25.1. The molecule has 1 N–H and O–H groups in total. The number of carbonyl (C=O) groups excluding carboxylic acids is 2. The number of nitrogens with one attached hydrogen (secondary N) is 1. The highest BCUT2D eigenvalue weighted by atomic mass is 79.9. The number of halogens is 2. The van der Waals surface area contributed by atoms with Crippen LogP contribution in [0.3, 0.4) is 0 Å². The first-order valence-electron chi connectivity index (χ1n) is 13.4. The molecule has 9 nitrogen and oxygen atoms in total. The van der Waals surface area contributed by atoms with E-state index in [-0.39, 0.29) is 18.1 Å². The van der Waals surface area contributed by atoms with Gasteiger partial charge in [-0.1, -0.05) is 15.9 Å². The summed E-state index contributed by atoms with van der Waals surface area (Å²) in [7, 11) is 1.55. The summed E-state index contributed by atoms with van der Waals surface area (Å²) in [5.41, 5.74) is 6.57. The number of rotatable bonds is 10. The molecule has 1 amide bonds. The Morgan fingerprint density at radius 1 is 0.909 bits per heavy atom. The number of carbonyl (C=O) groups is 2. The molecule has 0 atom stereocenters. The minimum absolute atomic E-state index is 0.0660. The highest BCUT2D eigenvalue weighted by molar-refractivity contribution is 9.11. The van der Waals surface area contributed by atoms with Crippen molar-refractivity contribution in [2.75, 3.05) is 7.11 Å². The van der Waals surface area contributed by atoms with Gasteiger partial charge in [0.1, 0.15) is 23.9 Å². The predicted octanol–water partition coefficient (Wildman–Crippen LogP) is 7.78. The van der Waals surface area contributed by atoms with E-state index in [0.717, 1.165) is 17.1 Å². The summed E-state index contributed by atoms with van der Waals surface area (Å²) in [6.07, 6.45) is 1.37. The van der Waals surface area contributed by atoms with Gasteiger partial charge in [0.2, 0.25) is 0 Å². The van der Waals surface area contributed by atoms with E-state index in [1.165, 1.54) is 6.21 Å². The summed E-state index contributed by atoms with van der Waals surface area (Å²) in [5, 5.41) is 4.04. The lowest BCUT2D eigenvalue weighted by atomic mass is 10.2. The number of benzene rings is 3. The molecule has 2 heterocycles. The summed E-state index contributed by atoms with van der Waals surface area (Å²) < 4.78 is 25.7. The molecule has 0 saturated carbocycles. The average Bonchev–Trinajstić information content (AvgIpc) is 3.63. The van der Waals surface area contributed by atoms with Crippen LogP contribution in [-0.4, -0.2) is 29.8 Å². The van der Waals surface area contributed by atoms with E-state index in [1.54, 1.807) is 55.6 Å². The molecule has 0 aliphatic carbocycles. The summed E-state index contributed by atoms with van der Waals surface area (Å²) in [6.45, 7) is 4.27. The van der Waals surface area contributed by atoms with E-state index in [9.17, 15) is 9.59 Å². The Hall–Kier alpha value is -4.61. The molecule has 0 unspecified atom stereocenters. The molecule has 0 spiro atoms. The van der Waals surface area contributed by atoms with Crippen molar-refractivity contribution in [3.63, 3.8) is 0 Å². The van der Waals surface area contributed by atoms with Crippen LogP contribution in [0.2, 0.25) is 0 Å². The normalized spacial score (nSPS) is 11.0. The van der Waals surface area contributed by atoms with Gasteiger partial charge < -0.3 is 23.2 Å². The van der Waals surface area contributed by atoms with Gasteiger partial charge >= 0.3 is 11.9 Å². The second kappa shape index (κ2) is 13.8. The fourth-order valence-corrected chi connectivity index (χ4v) is 5.72. The Balaban J connectivity index is 1.19. The van der Waals surface area contributed by atoms with Gasteiger partial charge in [-0.2, -0.15) is 5.10 Å². The highest BCUT2D eigenvalue weighted by Crippen LogP contribution is 2.33. The number of hydrazone groups is 1. The number of aryl methyl sites for hydroxylation is 2. The minimum atomic E-state index is -0.568. The lowest BCUT2D eigenvalue weighted by Gasteiger charge is -2.11. The van der Waals surface area contributed by atoms with E-state index in [4.69, 9.17) is 18.6 Å². The molecule has 0 bridgehead atoms. The van der Waals surface area contributed by atoms with Crippen LogP contribution in [0.5, 0.6) is 17.2 Å². The fourth-order valence-electron chi connectivity index (χ4n) is 4.38. The van der Waals surface area contributed by atoms with Gasteiger partial charge in [0, 0.05) is 27.1 Å². The standard InChI is InChI=1S/C33H27Br2N3O6/c1-20-4-5-21(2)38(20)25-8-12-27(13-9-25)42-19-28-14-15-30(43-28)32(39)37-36-18-23-16-24(34)17-29(35)31(23)44-33(40)22-6-10-26(41-3)11-7-22/h4-18H,19H2,1-3H3,(H,37,39)/b36-18-. The summed E-state index contributed by atoms with van der Waals surface area (Å²) in [4.78, 5) is 25.5. The molecule has 11 heteroatoms. The predicted molar refractivity (Wildman–Crippen MR) is 173 cm³/mol. The number of nitrogens with zero attached hydrogens (tertiary/aromatic N) is 2. The Morgan fingerprint density at radius 2 is 1.59 bits per heavy atom. The van der Waals surface area contributed by atoms with Gasteiger partial charge in [-0.3, -0.25) is 4.79 Å². The van der Waals surface area contributed by atoms with E-state index < -0.39 is 11.9 Å². The average molecular weight is 721 g/mol. The van der Waals surface area contributed by atoms with Crippen molar-refractivity contribution in [3.8, 4) is 22.9 Å². The Labute approximate surface area is 270 Å². The van der Waals surface area contributed by atoms with Crippen molar-refractivity contribution < 1.29 is 28.2 Å². The number of hydrogen-bond donors (Lipinski definition) is 1. The van der Waals surface area contributed by atoms with Crippen LogP contribution < -0.4 is 19.6 Å². The Kier molecular flexibility index (Phi) is 9.66. The third kappa shape index (κ3) is 7.29. The van der Waals surface area contributed by atoms with Gasteiger partial charge in [0.05, 0.1) is 23.4 Å². The number of aromatic nitrogens is 1. The molecular weight excluding hydrogens is 694 g/mol. The van der Waals surface area contributed by atoms with Gasteiger partial charge in [0.15, 0.2) is 11.5 Å². The van der Waals surface area contributed by atoms with Crippen LogP contribution in [0.1, 0.15) is 43.6 Å². The Morgan fingerprint density at radius 3 is 2.27 bits per heavy atom. The van der Waals surface area contributed by atoms with E-state index in [0.29, 0.717) is 37.3 Å². The topological polar surface area (TPSA) is 104 Å². The van der Waals surface area contributed by atoms with Crippen molar-refractivity contribution in [3.05, 3.63) is 128 Å². The maximum absolute atomic E-state index is 12.8. The third-order valence-electron chi connectivity index (χ3n) is 6.56. The lowest BCUT2D eigenvalue weighted by molar-refractivity contribution is 0.0732. The smallest absolute Gasteiger partial charge is 0.343 e. The van der Waals surface area contributed by atoms with E-state index in [2.05, 4.69) is 72.9 Å². The second-order valence-corrected chi connectivity index (χ2v) is 11.4. The van der Waals surface area contributed by atoms with Gasteiger partial charge in [-0.05, 0) is 115 Å². The van der Waals surface area contributed by atoms with Crippen molar-refractivity contribution in [2.45, 2.75) is 20.5 Å². The molecule has 5 rings (SSSR count). The molecule has 0 saturated heterocycles. The number of methoxy groups -OCH3 is 1. The second-order valence-electron chi connectivity index (χ2n) is 9.62. The molecule has 224 valence electrons. The van der Waals surface area contributed by atoms with Crippen LogP contribution in [0.4, 0.5) is 0 Å². The summed E-state index contributed by atoms with van der Waals surface area (Å²) in [5.74, 6) is 0.944. The van der Waals surface area contributed by atoms with Crippen LogP contribution in [0.15, 0.2) is 103 Å². The third-order valence-corrected chi connectivity index (χ3v) is 7.61. The van der Waals surface area contributed by atoms with Crippen molar-refractivity contribution in [1.29, 1.82) is 0 Å². The SMILES string of the molecule is COc1ccc(C(=O)Oc2c(Br)cc(Br)cc2/C=N\NC(=O)c2ccc(COc3ccc(-n4c(C)ccc4C)cc3)o2)cc1. The number of esters is 1. The molecule has 0 radical (unpaired) electrons. The molecule has 5 aromatic rings. The largest absolute Gasteiger partial charge is 0.497 e. The first-order chi connectivity index (χ1) is 21.2. The quantitative estimate of drug-likeness (QED) is 0.0684. The van der Waals surface area contributed by atoms with Crippen LogP contribution in [0, 0.1) is 13.8 Å². The van der Waals surface area contributed by atoms with Crippen molar-refractivity contribution >= 4 is 50.0 Å². The number of furan rings is 1. The molecule has 0 aliphatic rings. The zero-order chi connectivity index (χ0) is 31.2. The molecule has 44 heavy (non-hydrogen) atoms. The van der Waals surface area contributed by atoms with Gasteiger partial charge in [0.25, 0.3) is 0 Å². The van der Waals surface area contributed by atoms with Gasteiger partial charge in [-0.25, -0.2) is 10.2 Å². The molecule has 0 fully saturated rings. The van der Waals surface area contributed by atoms with Crippen molar-refractivity contribution in [2.24, 2.45) is 5.10 Å². The molecular formula is C33H27Br2N3O6. The van der Waals surface area contributed by atoms with Crippen LogP contribution in [0.25, 0.3) is 5.69 Å². The monoisotopic (exact) mass is 719 g/mol. The van der Waals surface area contributed by atoms with E-state index >= 15 is 0 Å². The fraction of sp³-hybridized carbons (Fsp3) is 0.121. The molecule has 0 aliphatic heterocycles. The van der Waals surface area contributed by atoms with Crippen molar-refractivity contribution in [1.82, 2.24) is 9.99 Å². The highest BCUT2D eigenvalue weighted by Gasteiger charge is 2.16. The van der Waals surface area contributed by atoms with Gasteiger partial charge in [-0.15, -0.1) is 0 Å². The maximum atomic E-state index is 12.8. The number of hydrogen-bond acceptors (Lipinski definition) is 7. The zero-order valence-corrected chi connectivity index (χ0v) is 27.1. The maximum Gasteiger partial charge on any atom is 0.343 e. The minimum Gasteiger partial charge on any atom is -0.497 e. The Bertz CT molecular complexity index is 1810. The van der Waals surface area contributed by atoms with Crippen LogP contribution in [-0.2, 0) is 6.61 Å². The first-order valence-corrected chi connectivity index (χ1v) is 15.0. The van der Waals surface area contributed by atoms with E-state index in [1.807, 2.05) is 24.3 Å². The van der Waals surface area contributed by atoms with Crippen LogP contribution >= 0.6 is 31.9 Å². The molecule has 3 aromatic carbocycles. The number of amides is 1. The lowest BCUT2D eigenvalue weighted by Crippen LogP contribution is -2.17. The summed E-state index contributed by atoms with van der Waals surface area (Å²) >= 11 is 6.85. The zero-order valence-electron chi connectivity index (χ0n) is 24.0. The molecule has 2 aromatic heterocycles. The number of ether oxygens (including phenoxy) is 3.